The Kier molecular flexibility index (Phi) is 3.22. The number of fused-ring (bicyclic) bond motifs is 1. The summed E-state index contributed by atoms with van der Waals surface area (Å²) in [6.45, 7) is 1.92. The summed E-state index contributed by atoms with van der Waals surface area (Å²) in [5.74, 6) is -2.37. The summed E-state index contributed by atoms with van der Waals surface area (Å²) >= 11 is 1.17. The van der Waals surface area contributed by atoms with E-state index in [2.05, 4.69) is 9.71 Å². The Morgan fingerprint density at radius 1 is 1.50 bits per heavy atom. The van der Waals surface area contributed by atoms with Crippen LogP contribution in [0.25, 0.3) is 10.2 Å². The minimum Gasteiger partial charge on any atom is -0.480 e. The van der Waals surface area contributed by atoms with Crippen molar-refractivity contribution in [1.29, 1.82) is 0 Å². The minimum atomic E-state index is -3.89. The van der Waals surface area contributed by atoms with Crippen molar-refractivity contribution in [2.75, 3.05) is 10.5 Å². The molecule has 1 aromatic carbocycles. The molecule has 2 aromatic rings. The Morgan fingerprint density at radius 2 is 2.22 bits per heavy atom. The van der Waals surface area contributed by atoms with Crippen LogP contribution in [0.3, 0.4) is 0 Å². The number of aromatic nitrogens is 1. The lowest BCUT2D eigenvalue weighted by Gasteiger charge is -2.00. The molecule has 0 bridgehead atoms. The molecule has 1 aromatic heterocycles. The third-order valence-corrected chi connectivity index (χ3v) is 4.29. The number of anilines is 1. The van der Waals surface area contributed by atoms with E-state index in [0.29, 0.717) is 5.52 Å². The molecule has 18 heavy (non-hydrogen) atoms. The average Bonchev–Trinajstić information content (AvgIpc) is 2.55. The van der Waals surface area contributed by atoms with Crippen molar-refractivity contribution in [3.05, 3.63) is 23.8 Å². The van der Waals surface area contributed by atoms with Crippen LogP contribution in [-0.2, 0) is 14.8 Å². The van der Waals surface area contributed by atoms with Crippen LogP contribution < -0.4 is 4.72 Å². The molecule has 0 aliphatic heterocycles. The van der Waals surface area contributed by atoms with Gasteiger partial charge in [-0.25, -0.2) is 13.4 Å². The van der Waals surface area contributed by atoms with Crippen molar-refractivity contribution in [2.45, 2.75) is 6.92 Å². The first-order chi connectivity index (χ1) is 8.35. The van der Waals surface area contributed by atoms with Crippen molar-refractivity contribution < 1.29 is 18.3 Å². The maximum absolute atomic E-state index is 11.4. The van der Waals surface area contributed by atoms with E-state index in [4.69, 9.17) is 5.11 Å². The number of aryl methyl sites for hydroxylation is 1. The Hall–Kier alpha value is -1.67. The van der Waals surface area contributed by atoms with Crippen molar-refractivity contribution in [1.82, 2.24) is 4.98 Å². The summed E-state index contributed by atoms with van der Waals surface area (Å²) in [6, 6.07) is 5.55. The summed E-state index contributed by atoms with van der Waals surface area (Å²) in [7, 11) is -3.89. The molecule has 2 N–H and O–H groups in total. The van der Waals surface area contributed by atoms with Gasteiger partial charge in [0.1, 0.15) is 0 Å². The number of hydrogen-bond donors (Lipinski definition) is 2. The van der Waals surface area contributed by atoms with E-state index in [1.165, 1.54) is 11.3 Å². The van der Waals surface area contributed by atoms with Crippen molar-refractivity contribution >= 4 is 42.7 Å². The zero-order chi connectivity index (χ0) is 13.3. The maximum atomic E-state index is 11.4. The van der Waals surface area contributed by atoms with E-state index in [1.54, 1.807) is 6.07 Å². The lowest BCUT2D eigenvalue weighted by atomic mass is 10.2. The Morgan fingerprint density at radius 3 is 2.89 bits per heavy atom. The molecule has 0 saturated carbocycles. The monoisotopic (exact) mass is 286 g/mol. The molecule has 6 nitrogen and oxygen atoms in total. The molecule has 0 fully saturated rings. The average molecular weight is 286 g/mol. The Balaban J connectivity index is 2.30. The van der Waals surface area contributed by atoms with Crippen LogP contribution in [0.2, 0.25) is 0 Å². The second kappa shape index (κ2) is 4.54. The van der Waals surface area contributed by atoms with Gasteiger partial charge in [-0.05, 0) is 24.6 Å². The molecule has 2 rings (SSSR count). The molecular formula is C10H10N2O4S2. The third-order valence-electron chi connectivity index (χ3n) is 2.10. The number of carboxylic acid groups (broad SMARTS) is 1. The van der Waals surface area contributed by atoms with Crippen LogP contribution in [0.4, 0.5) is 5.13 Å². The molecule has 0 unspecified atom stereocenters. The topological polar surface area (TPSA) is 96.4 Å². The number of nitrogens with one attached hydrogen (secondary N) is 1. The SMILES string of the molecule is Cc1ccc2nc(NS(=O)(=O)CC(=O)O)sc2c1. The fourth-order valence-corrected chi connectivity index (χ4v) is 3.48. The number of rotatable bonds is 4. The number of hydrogen-bond acceptors (Lipinski definition) is 5. The van der Waals surface area contributed by atoms with Crippen LogP contribution in [0.5, 0.6) is 0 Å². The zero-order valence-corrected chi connectivity index (χ0v) is 11.0. The zero-order valence-electron chi connectivity index (χ0n) is 9.37. The fourth-order valence-electron chi connectivity index (χ4n) is 1.41. The van der Waals surface area contributed by atoms with E-state index in [1.807, 2.05) is 19.1 Å². The van der Waals surface area contributed by atoms with Gasteiger partial charge in [-0.1, -0.05) is 17.4 Å². The van der Waals surface area contributed by atoms with Crippen LogP contribution in [0.1, 0.15) is 5.56 Å². The maximum Gasteiger partial charge on any atom is 0.320 e. The van der Waals surface area contributed by atoms with Gasteiger partial charge in [0.05, 0.1) is 10.2 Å². The predicted octanol–water partition coefficient (Wildman–Crippen LogP) is 1.43. The van der Waals surface area contributed by atoms with Gasteiger partial charge in [0.25, 0.3) is 0 Å². The molecule has 1 heterocycles. The fraction of sp³-hybridized carbons (Fsp3) is 0.200. The first-order valence-corrected chi connectivity index (χ1v) is 7.42. The first-order valence-electron chi connectivity index (χ1n) is 4.95. The molecule has 0 saturated heterocycles. The number of carbonyl (C=O) groups is 1. The third kappa shape index (κ3) is 2.96. The predicted molar refractivity (Wildman–Crippen MR) is 69.4 cm³/mol. The summed E-state index contributed by atoms with van der Waals surface area (Å²) < 4.78 is 25.9. The molecule has 0 atom stereocenters. The Bertz CT molecular complexity index is 706. The largest absolute Gasteiger partial charge is 0.480 e. The van der Waals surface area contributed by atoms with Gasteiger partial charge in [0.2, 0.25) is 10.0 Å². The number of aliphatic carboxylic acids is 1. The van der Waals surface area contributed by atoms with E-state index < -0.39 is 21.7 Å². The highest BCUT2D eigenvalue weighted by Crippen LogP contribution is 2.27. The van der Waals surface area contributed by atoms with Crippen LogP contribution in [0, 0.1) is 6.92 Å². The highest BCUT2D eigenvalue weighted by Gasteiger charge is 2.17. The molecule has 0 aliphatic carbocycles. The van der Waals surface area contributed by atoms with Gasteiger partial charge in [0, 0.05) is 0 Å². The lowest BCUT2D eigenvalue weighted by molar-refractivity contribution is -0.134. The second-order valence-corrected chi connectivity index (χ2v) is 6.50. The second-order valence-electron chi connectivity index (χ2n) is 3.75. The van der Waals surface area contributed by atoms with Crippen molar-refractivity contribution in [3.8, 4) is 0 Å². The number of sulfonamides is 1. The highest BCUT2D eigenvalue weighted by molar-refractivity contribution is 7.93. The van der Waals surface area contributed by atoms with Crippen molar-refractivity contribution in [3.63, 3.8) is 0 Å². The molecule has 0 spiro atoms. The standard InChI is InChI=1S/C10H10N2O4S2/c1-6-2-3-7-8(4-6)17-10(11-7)12-18(15,16)5-9(13)14/h2-4H,5H2,1H3,(H,11,12)(H,13,14). The summed E-state index contributed by atoms with van der Waals surface area (Å²) in [5, 5.41) is 8.64. The minimum absolute atomic E-state index is 0.178. The van der Waals surface area contributed by atoms with E-state index in [9.17, 15) is 13.2 Å². The van der Waals surface area contributed by atoms with Gasteiger partial charge in [-0.3, -0.25) is 9.52 Å². The smallest absolute Gasteiger partial charge is 0.320 e. The van der Waals surface area contributed by atoms with Crippen molar-refractivity contribution in [2.24, 2.45) is 0 Å². The number of thiazole rings is 1. The molecule has 0 aliphatic rings. The molecule has 0 radical (unpaired) electrons. The summed E-state index contributed by atoms with van der Waals surface area (Å²) in [5.41, 5.74) is 1.73. The van der Waals surface area contributed by atoms with Gasteiger partial charge in [0.15, 0.2) is 10.9 Å². The molecule has 0 amide bonds. The molecule has 96 valence electrons. The Labute approximate surface area is 107 Å². The molecular weight excluding hydrogens is 276 g/mol. The summed E-state index contributed by atoms with van der Waals surface area (Å²) in [4.78, 5) is 14.5. The van der Waals surface area contributed by atoms with E-state index >= 15 is 0 Å². The van der Waals surface area contributed by atoms with Gasteiger partial charge >= 0.3 is 5.97 Å². The van der Waals surface area contributed by atoms with Crippen LogP contribution in [0.15, 0.2) is 18.2 Å². The highest BCUT2D eigenvalue weighted by atomic mass is 32.2. The number of benzene rings is 1. The normalized spacial score (nSPS) is 11.6. The van der Waals surface area contributed by atoms with Crippen LogP contribution >= 0.6 is 11.3 Å². The number of carboxylic acids is 1. The number of nitrogens with zero attached hydrogens (tertiary/aromatic N) is 1. The molecule has 8 heteroatoms. The quantitative estimate of drug-likeness (QED) is 0.886. The van der Waals surface area contributed by atoms with E-state index in [-0.39, 0.29) is 5.13 Å². The van der Waals surface area contributed by atoms with Gasteiger partial charge in [-0.2, -0.15) is 0 Å². The summed E-state index contributed by atoms with van der Waals surface area (Å²) in [6.07, 6.45) is 0. The lowest BCUT2D eigenvalue weighted by Crippen LogP contribution is -2.22. The first kappa shape index (κ1) is 12.8. The van der Waals surface area contributed by atoms with E-state index in [0.717, 1.165) is 10.3 Å². The van der Waals surface area contributed by atoms with Crippen LogP contribution in [-0.4, -0.2) is 30.2 Å². The van der Waals surface area contributed by atoms with Gasteiger partial charge < -0.3 is 5.11 Å². The van der Waals surface area contributed by atoms with Gasteiger partial charge in [-0.15, -0.1) is 0 Å².